The van der Waals surface area contributed by atoms with Gasteiger partial charge in [-0.1, -0.05) is 84.0 Å². The summed E-state index contributed by atoms with van der Waals surface area (Å²) < 4.78 is 57.0. The first kappa shape index (κ1) is 38.2. The van der Waals surface area contributed by atoms with E-state index in [2.05, 4.69) is 15.4 Å². The van der Waals surface area contributed by atoms with Crippen molar-refractivity contribution < 1.29 is 36.7 Å². The number of esters is 1. The second kappa shape index (κ2) is 14.1. The largest absolute Gasteiger partial charge is 0.465 e. The molecule has 0 bridgehead atoms. The highest BCUT2D eigenvalue weighted by atomic mass is 28.2. The third-order valence-corrected chi connectivity index (χ3v) is 9.62. The average Bonchev–Trinajstić information content (AvgIpc) is 3.00. The Balaban J connectivity index is 2.05. The van der Waals surface area contributed by atoms with Gasteiger partial charge in [0.05, 0.1) is 24.8 Å². The molecule has 2 aromatic carbocycles. The van der Waals surface area contributed by atoms with Gasteiger partial charge in [-0.3, -0.25) is 19.0 Å². The van der Waals surface area contributed by atoms with Crippen LogP contribution in [0.2, 0.25) is 0 Å². The molecule has 0 spiro atoms. The lowest BCUT2D eigenvalue weighted by molar-refractivity contribution is -0.332. The van der Waals surface area contributed by atoms with Crippen LogP contribution in [0.1, 0.15) is 64.4 Å². The molecule has 3 rings (SSSR count). The zero-order chi connectivity index (χ0) is 36.3. The van der Waals surface area contributed by atoms with Crippen molar-refractivity contribution in [1.29, 1.82) is 0 Å². The third kappa shape index (κ3) is 7.41. The molecule has 0 saturated carbocycles. The number of ether oxygens (including phenoxy) is 1. The summed E-state index contributed by atoms with van der Waals surface area (Å²) in [7, 11) is 1.12. The van der Waals surface area contributed by atoms with Crippen molar-refractivity contribution >= 4 is 34.0 Å². The van der Waals surface area contributed by atoms with Crippen molar-refractivity contribution in [2.45, 2.75) is 73.3 Å². The predicted molar refractivity (Wildman–Crippen MR) is 181 cm³/mol. The van der Waals surface area contributed by atoms with Crippen molar-refractivity contribution in [3.8, 4) is 11.3 Å². The van der Waals surface area contributed by atoms with E-state index in [1.54, 1.807) is 69.3 Å². The predicted octanol–water partition coefficient (Wildman–Crippen LogP) is 5.25. The van der Waals surface area contributed by atoms with Crippen LogP contribution in [0.3, 0.4) is 0 Å². The summed E-state index contributed by atoms with van der Waals surface area (Å²) in [6, 6.07) is 17.9. The minimum Gasteiger partial charge on any atom is -0.465 e. The molecule has 48 heavy (non-hydrogen) atoms. The minimum atomic E-state index is -4.80. The first-order chi connectivity index (χ1) is 22.1. The molecular weight excluding hydrogens is 643 g/mol. The van der Waals surface area contributed by atoms with Gasteiger partial charge in [-0.25, -0.2) is 4.79 Å². The summed E-state index contributed by atoms with van der Waals surface area (Å²) in [6.45, 7) is 9.45. The Morgan fingerprint density at radius 3 is 1.88 bits per heavy atom. The zero-order valence-corrected chi connectivity index (χ0v) is 30.8. The fourth-order valence-electron chi connectivity index (χ4n) is 6.10. The SMILES string of the molecule is COC(=O)c1ccc(CC(=O)Nc2ccc(-c3ccccc3)n(CC(=O)NC(O[SiH3])(C(C)(C)C)C(C)(C(C)(C)C)C(F)(F)F)c2=O)cc1. The fourth-order valence-corrected chi connectivity index (χ4v) is 7.23. The van der Waals surface area contributed by atoms with Gasteiger partial charge in [-0.2, -0.15) is 13.2 Å². The number of carbonyl (C=O) groups excluding carboxylic acids is 3. The molecule has 9 nitrogen and oxygen atoms in total. The summed E-state index contributed by atoms with van der Waals surface area (Å²) in [5, 5.41) is 5.20. The fraction of sp³-hybridized carbons (Fsp3) is 0.429. The third-order valence-electron chi connectivity index (χ3n) is 9.01. The second-order valence-corrected chi connectivity index (χ2v) is 14.3. The molecule has 2 unspecified atom stereocenters. The van der Waals surface area contributed by atoms with Crippen molar-refractivity contribution in [3.63, 3.8) is 0 Å². The van der Waals surface area contributed by atoms with Crippen LogP contribution < -0.4 is 16.2 Å². The van der Waals surface area contributed by atoms with Crippen LogP contribution in [0.5, 0.6) is 0 Å². The first-order valence-electron chi connectivity index (χ1n) is 15.3. The van der Waals surface area contributed by atoms with Crippen molar-refractivity contribution in [3.05, 3.63) is 88.2 Å². The number of nitrogens with zero attached hydrogens (tertiary/aromatic N) is 1. The van der Waals surface area contributed by atoms with Crippen LogP contribution in [0, 0.1) is 16.2 Å². The number of hydrogen-bond acceptors (Lipinski definition) is 6. The van der Waals surface area contributed by atoms with E-state index in [-0.39, 0.29) is 22.6 Å². The molecule has 2 amide bonds. The van der Waals surface area contributed by atoms with Crippen LogP contribution in [0.15, 0.2) is 71.5 Å². The van der Waals surface area contributed by atoms with Crippen LogP contribution in [0.25, 0.3) is 11.3 Å². The van der Waals surface area contributed by atoms with Crippen LogP contribution in [0.4, 0.5) is 18.9 Å². The van der Waals surface area contributed by atoms with Gasteiger partial charge < -0.3 is 19.8 Å². The number of benzene rings is 2. The summed E-state index contributed by atoms with van der Waals surface area (Å²) in [6.07, 6.45) is -4.93. The summed E-state index contributed by atoms with van der Waals surface area (Å²) in [4.78, 5) is 52.5. The van der Waals surface area contributed by atoms with Gasteiger partial charge in [0, 0.05) is 5.41 Å². The Labute approximate surface area is 281 Å². The van der Waals surface area contributed by atoms with E-state index in [0.29, 0.717) is 22.4 Å². The van der Waals surface area contributed by atoms with Gasteiger partial charge >= 0.3 is 12.1 Å². The monoisotopic (exact) mass is 687 g/mol. The number of nitrogens with one attached hydrogen (secondary N) is 2. The van der Waals surface area contributed by atoms with Gasteiger partial charge in [-0.15, -0.1) is 0 Å². The number of aromatic nitrogens is 1. The second-order valence-electron chi connectivity index (χ2n) is 13.9. The Bertz CT molecular complexity index is 1680. The quantitative estimate of drug-likeness (QED) is 0.171. The minimum absolute atomic E-state index is 0.128. The lowest BCUT2D eigenvalue weighted by atomic mass is 9.55. The molecule has 0 aliphatic carbocycles. The number of halogens is 3. The molecule has 0 aliphatic heterocycles. The Morgan fingerprint density at radius 2 is 1.40 bits per heavy atom. The number of methoxy groups -OCH3 is 1. The average molecular weight is 688 g/mol. The highest BCUT2D eigenvalue weighted by molar-refractivity contribution is 5.98. The normalized spacial score (nSPS) is 14.8. The van der Waals surface area contributed by atoms with Crippen molar-refractivity contribution in [2.24, 2.45) is 16.2 Å². The maximum atomic E-state index is 15.1. The van der Waals surface area contributed by atoms with E-state index in [1.807, 2.05) is 0 Å². The molecule has 2 N–H and O–H groups in total. The Kier molecular flexibility index (Phi) is 11.2. The van der Waals surface area contributed by atoms with E-state index in [0.717, 1.165) is 11.5 Å². The van der Waals surface area contributed by atoms with E-state index in [4.69, 9.17) is 4.43 Å². The lowest BCUT2D eigenvalue weighted by Gasteiger charge is -2.60. The van der Waals surface area contributed by atoms with Crippen LogP contribution in [-0.2, 0) is 31.7 Å². The molecule has 0 aliphatic rings. The number of amides is 2. The van der Waals surface area contributed by atoms with Gasteiger partial charge in [-0.05, 0) is 47.7 Å². The van der Waals surface area contributed by atoms with Gasteiger partial charge in [0.25, 0.3) is 5.56 Å². The Hall–Kier alpha value is -4.23. The summed E-state index contributed by atoms with van der Waals surface area (Å²) >= 11 is 0. The maximum Gasteiger partial charge on any atom is 0.399 e. The topological polar surface area (TPSA) is 116 Å². The van der Waals surface area contributed by atoms with Crippen molar-refractivity contribution in [2.75, 3.05) is 12.4 Å². The lowest BCUT2D eigenvalue weighted by Crippen LogP contribution is -2.75. The van der Waals surface area contributed by atoms with Gasteiger partial charge in [0.15, 0.2) is 0 Å². The number of anilines is 1. The smallest absolute Gasteiger partial charge is 0.399 e. The van der Waals surface area contributed by atoms with Crippen LogP contribution in [-0.4, -0.2) is 51.8 Å². The first-order valence-corrected chi connectivity index (χ1v) is 16.1. The highest BCUT2D eigenvalue weighted by Gasteiger charge is 2.72. The van der Waals surface area contributed by atoms with Crippen LogP contribution >= 0.6 is 0 Å². The number of alkyl halides is 3. The number of carbonyl (C=O) groups is 3. The van der Waals surface area contributed by atoms with E-state index >= 15 is 13.2 Å². The Morgan fingerprint density at radius 1 is 0.812 bits per heavy atom. The molecule has 260 valence electrons. The molecule has 1 aromatic heterocycles. The van der Waals surface area contributed by atoms with E-state index in [9.17, 15) is 19.2 Å². The van der Waals surface area contributed by atoms with Gasteiger partial charge in [0.2, 0.25) is 11.8 Å². The molecule has 0 fully saturated rings. The summed E-state index contributed by atoms with van der Waals surface area (Å²) in [5.41, 5.74) is -6.56. The molecule has 1 heterocycles. The molecule has 0 radical (unpaired) electrons. The molecule has 0 saturated heterocycles. The van der Waals surface area contributed by atoms with Crippen molar-refractivity contribution in [1.82, 2.24) is 9.88 Å². The number of pyridine rings is 1. The summed E-state index contributed by atoms with van der Waals surface area (Å²) in [5.74, 6) is -1.94. The molecule has 2 atom stereocenters. The van der Waals surface area contributed by atoms with Gasteiger partial charge in [0.1, 0.15) is 33.9 Å². The standard InChI is InChI=1S/C35H44F3N3O6Si/c1-31(2,3)33(7,35(36,37)38)34(47-48,32(4,5)6)40-28(43)21-41-26(23-12-10-9-11-13-23)19-18-25(29(41)44)39-27(42)20-22-14-16-24(17-15-22)30(45)46-8/h9-19H,20-21H2,1-8,48H3,(H,39,42)(H,40,43). The van der Waals surface area contributed by atoms with E-state index < -0.39 is 58.0 Å². The number of rotatable bonds is 10. The molecule has 3 aromatic rings. The molecular formula is C35H44F3N3O6Si. The highest BCUT2D eigenvalue weighted by Crippen LogP contribution is 2.61. The van der Waals surface area contributed by atoms with E-state index in [1.165, 1.54) is 46.1 Å². The zero-order valence-electron chi connectivity index (χ0n) is 28.8. The number of hydrogen-bond donors (Lipinski definition) is 2. The maximum absolute atomic E-state index is 15.1. The molecule has 13 heteroatoms.